The largest absolute Gasteiger partial charge is 0.395 e. The molecule has 5 nitrogen and oxygen atoms in total. The molecule has 0 aromatic heterocycles. The van der Waals surface area contributed by atoms with Gasteiger partial charge in [-0.25, -0.2) is 4.79 Å². The molecule has 15 heavy (non-hydrogen) atoms. The summed E-state index contributed by atoms with van der Waals surface area (Å²) in [5.74, 6) is 0. The predicted octanol–water partition coefficient (Wildman–Crippen LogP) is -0.286. The first-order valence-corrected chi connectivity index (χ1v) is 5.45. The first-order chi connectivity index (χ1) is 7.15. The maximum Gasteiger partial charge on any atom is 0.319 e. The highest BCUT2D eigenvalue weighted by molar-refractivity contribution is 5.73. The molecule has 88 valence electrons. The van der Waals surface area contributed by atoms with E-state index in [4.69, 9.17) is 5.11 Å². The predicted molar refractivity (Wildman–Crippen MR) is 58.8 cm³/mol. The number of amides is 2. The molecular formula is C10H21N3O2. The van der Waals surface area contributed by atoms with Crippen molar-refractivity contribution < 1.29 is 9.90 Å². The number of hydrogen-bond donors (Lipinski definition) is 2. The molecule has 0 saturated carbocycles. The molecule has 1 atom stereocenters. The van der Waals surface area contributed by atoms with Crippen LogP contribution in [0.25, 0.3) is 0 Å². The standard InChI is InChI=1S/C10H21N3O2/c1-12(2)10(15)13(6-7-14)8-9-4-3-5-11-9/h9,11,14H,3-8H2,1-2H3. The van der Waals surface area contributed by atoms with Crippen LogP contribution in [0.5, 0.6) is 0 Å². The lowest BCUT2D eigenvalue weighted by Crippen LogP contribution is -2.46. The highest BCUT2D eigenvalue weighted by Crippen LogP contribution is 2.07. The van der Waals surface area contributed by atoms with Crippen LogP contribution in [-0.2, 0) is 0 Å². The highest BCUT2D eigenvalue weighted by atomic mass is 16.3. The third-order valence-corrected chi connectivity index (χ3v) is 2.63. The fraction of sp³-hybridized carbons (Fsp3) is 0.900. The number of urea groups is 1. The van der Waals surface area contributed by atoms with Crippen LogP contribution in [0, 0.1) is 0 Å². The molecule has 2 N–H and O–H groups in total. The molecular weight excluding hydrogens is 194 g/mol. The summed E-state index contributed by atoms with van der Waals surface area (Å²) >= 11 is 0. The zero-order chi connectivity index (χ0) is 11.3. The maximum absolute atomic E-state index is 11.7. The van der Waals surface area contributed by atoms with Crippen LogP contribution < -0.4 is 5.32 Å². The van der Waals surface area contributed by atoms with Crippen LogP contribution in [0.1, 0.15) is 12.8 Å². The Balaban J connectivity index is 2.45. The van der Waals surface area contributed by atoms with Crippen molar-refractivity contribution in [1.82, 2.24) is 15.1 Å². The molecule has 0 aliphatic carbocycles. The molecule has 1 saturated heterocycles. The molecule has 0 aromatic carbocycles. The van der Waals surface area contributed by atoms with Crippen molar-refractivity contribution in [3.8, 4) is 0 Å². The number of rotatable bonds is 4. The van der Waals surface area contributed by atoms with Gasteiger partial charge in [0, 0.05) is 33.2 Å². The average Bonchev–Trinajstić information content (AvgIpc) is 2.68. The van der Waals surface area contributed by atoms with Gasteiger partial charge in [-0.15, -0.1) is 0 Å². The Morgan fingerprint density at radius 2 is 2.27 bits per heavy atom. The number of aliphatic hydroxyl groups is 1. The third kappa shape index (κ3) is 3.68. The average molecular weight is 215 g/mol. The smallest absolute Gasteiger partial charge is 0.319 e. The minimum Gasteiger partial charge on any atom is -0.395 e. The summed E-state index contributed by atoms with van der Waals surface area (Å²) in [4.78, 5) is 15.0. The van der Waals surface area contributed by atoms with Gasteiger partial charge in [-0.05, 0) is 19.4 Å². The fourth-order valence-electron chi connectivity index (χ4n) is 1.85. The van der Waals surface area contributed by atoms with Crippen molar-refractivity contribution in [2.45, 2.75) is 18.9 Å². The van der Waals surface area contributed by atoms with E-state index in [9.17, 15) is 4.79 Å². The highest BCUT2D eigenvalue weighted by Gasteiger charge is 2.21. The Morgan fingerprint density at radius 1 is 1.53 bits per heavy atom. The first kappa shape index (κ1) is 12.3. The van der Waals surface area contributed by atoms with Gasteiger partial charge >= 0.3 is 6.03 Å². The molecule has 5 heteroatoms. The van der Waals surface area contributed by atoms with Crippen LogP contribution in [-0.4, -0.2) is 67.3 Å². The van der Waals surface area contributed by atoms with Gasteiger partial charge in [-0.3, -0.25) is 0 Å². The normalized spacial score (nSPS) is 20.3. The number of hydrogen-bond acceptors (Lipinski definition) is 3. The zero-order valence-corrected chi connectivity index (χ0v) is 9.57. The van der Waals surface area contributed by atoms with Gasteiger partial charge in [0.2, 0.25) is 0 Å². The second-order valence-electron chi connectivity index (χ2n) is 4.14. The van der Waals surface area contributed by atoms with Crippen molar-refractivity contribution in [2.75, 3.05) is 40.3 Å². The van der Waals surface area contributed by atoms with E-state index in [1.807, 2.05) is 0 Å². The minimum atomic E-state index is -0.0299. The first-order valence-electron chi connectivity index (χ1n) is 5.45. The number of nitrogens with one attached hydrogen (secondary N) is 1. The molecule has 2 amide bonds. The van der Waals surface area contributed by atoms with Crippen LogP contribution in [0.15, 0.2) is 0 Å². The van der Waals surface area contributed by atoms with E-state index in [0.29, 0.717) is 19.1 Å². The Hall–Kier alpha value is -0.810. The lowest BCUT2D eigenvalue weighted by atomic mass is 10.2. The summed E-state index contributed by atoms with van der Waals surface area (Å²) < 4.78 is 0. The van der Waals surface area contributed by atoms with Gasteiger partial charge in [0.05, 0.1) is 6.61 Å². The van der Waals surface area contributed by atoms with Gasteiger partial charge in [-0.1, -0.05) is 0 Å². The summed E-state index contributed by atoms with van der Waals surface area (Å²) in [6.45, 7) is 2.16. The number of aliphatic hydroxyl groups excluding tert-OH is 1. The van der Waals surface area contributed by atoms with Gasteiger partial charge in [0.15, 0.2) is 0 Å². The SMILES string of the molecule is CN(C)C(=O)N(CCO)CC1CCCN1. The Bertz CT molecular complexity index is 203. The monoisotopic (exact) mass is 215 g/mol. The quantitative estimate of drug-likeness (QED) is 0.678. The van der Waals surface area contributed by atoms with E-state index in [0.717, 1.165) is 13.0 Å². The van der Waals surface area contributed by atoms with Crippen LogP contribution in [0.2, 0.25) is 0 Å². The molecule has 0 aromatic rings. The van der Waals surface area contributed by atoms with Gasteiger partial charge in [-0.2, -0.15) is 0 Å². The Labute approximate surface area is 91.0 Å². The second kappa shape index (κ2) is 5.92. The number of carbonyl (C=O) groups is 1. The topological polar surface area (TPSA) is 55.8 Å². The van der Waals surface area contributed by atoms with Crippen molar-refractivity contribution in [1.29, 1.82) is 0 Å². The van der Waals surface area contributed by atoms with E-state index < -0.39 is 0 Å². The zero-order valence-electron chi connectivity index (χ0n) is 9.57. The third-order valence-electron chi connectivity index (χ3n) is 2.63. The van der Waals surface area contributed by atoms with Gasteiger partial charge in [0.1, 0.15) is 0 Å². The Kier molecular flexibility index (Phi) is 4.84. The lowest BCUT2D eigenvalue weighted by Gasteiger charge is -2.27. The Morgan fingerprint density at radius 3 is 2.73 bits per heavy atom. The lowest BCUT2D eigenvalue weighted by molar-refractivity contribution is 0.150. The van der Waals surface area contributed by atoms with E-state index in [-0.39, 0.29) is 12.6 Å². The van der Waals surface area contributed by atoms with Crippen LogP contribution in [0.3, 0.4) is 0 Å². The molecule has 0 radical (unpaired) electrons. The summed E-state index contributed by atoms with van der Waals surface area (Å²) in [5, 5.41) is 12.3. The fourth-order valence-corrected chi connectivity index (χ4v) is 1.85. The molecule has 1 rings (SSSR count). The van der Waals surface area contributed by atoms with Crippen LogP contribution >= 0.6 is 0 Å². The molecule has 0 spiro atoms. The molecule has 1 aliphatic rings. The maximum atomic E-state index is 11.7. The van der Waals surface area contributed by atoms with Gasteiger partial charge in [0.25, 0.3) is 0 Å². The summed E-state index contributed by atoms with van der Waals surface area (Å²) in [5.41, 5.74) is 0. The van der Waals surface area contributed by atoms with E-state index >= 15 is 0 Å². The summed E-state index contributed by atoms with van der Waals surface area (Å²) in [6, 6.07) is 0.359. The van der Waals surface area contributed by atoms with Crippen molar-refractivity contribution in [3.05, 3.63) is 0 Å². The van der Waals surface area contributed by atoms with E-state index in [2.05, 4.69) is 5.32 Å². The molecule has 1 heterocycles. The van der Waals surface area contributed by atoms with Crippen molar-refractivity contribution in [3.63, 3.8) is 0 Å². The molecule has 1 aliphatic heterocycles. The van der Waals surface area contributed by atoms with Gasteiger partial charge < -0.3 is 20.2 Å². The number of nitrogens with zero attached hydrogens (tertiary/aromatic N) is 2. The molecule has 1 fully saturated rings. The summed E-state index contributed by atoms with van der Waals surface area (Å²) in [6.07, 6.45) is 2.29. The van der Waals surface area contributed by atoms with E-state index in [1.54, 1.807) is 23.9 Å². The molecule has 0 bridgehead atoms. The molecule has 1 unspecified atom stereocenters. The second-order valence-corrected chi connectivity index (χ2v) is 4.14. The number of carbonyl (C=O) groups excluding carboxylic acids is 1. The minimum absolute atomic E-state index is 0.0201. The van der Waals surface area contributed by atoms with Crippen LogP contribution in [0.4, 0.5) is 4.79 Å². The van der Waals surface area contributed by atoms with E-state index in [1.165, 1.54) is 6.42 Å². The summed E-state index contributed by atoms with van der Waals surface area (Å²) in [7, 11) is 3.46. The van der Waals surface area contributed by atoms with Crippen molar-refractivity contribution >= 4 is 6.03 Å². The van der Waals surface area contributed by atoms with Crippen molar-refractivity contribution in [2.24, 2.45) is 0 Å².